The second kappa shape index (κ2) is 9.93. The summed E-state index contributed by atoms with van der Waals surface area (Å²) >= 11 is 6.79. The Morgan fingerprint density at radius 3 is 2.48 bits per heavy atom. The van der Waals surface area contributed by atoms with Crippen LogP contribution in [0.25, 0.3) is 0 Å². The molecule has 0 atom stereocenters. The minimum absolute atomic E-state index is 0.140. The van der Waals surface area contributed by atoms with E-state index < -0.39 is 10.0 Å². The van der Waals surface area contributed by atoms with Crippen LogP contribution in [0.4, 0.5) is 16.6 Å². The van der Waals surface area contributed by atoms with Crippen LogP contribution in [0.5, 0.6) is 0 Å². The first-order valence-corrected chi connectivity index (χ1v) is 13.1. The lowest BCUT2D eigenvalue weighted by Gasteiger charge is -2.36. The summed E-state index contributed by atoms with van der Waals surface area (Å²) in [6.45, 7) is 7.00. The van der Waals surface area contributed by atoms with Crippen molar-refractivity contribution in [1.29, 1.82) is 0 Å². The van der Waals surface area contributed by atoms with E-state index in [1.807, 2.05) is 19.9 Å². The van der Waals surface area contributed by atoms with E-state index in [-0.39, 0.29) is 10.0 Å². The van der Waals surface area contributed by atoms with Crippen LogP contribution < -0.4 is 14.9 Å². The highest BCUT2D eigenvalue weighted by atomic mass is 32.2. The number of rotatable bonds is 6. The van der Waals surface area contributed by atoms with Crippen molar-refractivity contribution in [2.45, 2.75) is 25.2 Å². The molecule has 0 saturated carbocycles. The van der Waals surface area contributed by atoms with Gasteiger partial charge in [-0.3, -0.25) is 4.72 Å². The lowest BCUT2D eigenvalue weighted by atomic mass is 10.3. The lowest BCUT2D eigenvalue weighted by molar-refractivity contribution is 0.389. The Bertz CT molecular complexity index is 1220. The van der Waals surface area contributed by atoms with Crippen molar-refractivity contribution in [1.82, 2.24) is 25.1 Å². The minimum atomic E-state index is -3.74. The Morgan fingerprint density at radius 1 is 1.12 bits per heavy atom. The van der Waals surface area contributed by atoms with Gasteiger partial charge in [0.2, 0.25) is 5.13 Å². The fraction of sp³-hybridized carbons (Fsp3) is 0.350. The zero-order valence-corrected chi connectivity index (χ0v) is 20.7. The Labute approximate surface area is 202 Å². The van der Waals surface area contributed by atoms with E-state index >= 15 is 0 Å². The molecule has 0 bridgehead atoms. The number of piperazine rings is 1. The molecule has 13 heteroatoms. The fourth-order valence-corrected chi connectivity index (χ4v) is 5.49. The molecule has 174 valence electrons. The number of hydrogen-bond donors (Lipinski definition) is 2. The van der Waals surface area contributed by atoms with Crippen molar-refractivity contribution in [2.75, 3.05) is 41.1 Å². The quantitative estimate of drug-likeness (QED) is 0.485. The zero-order valence-electron chi connectivity index (χ0n) is 18.2. The second-order valence-electron chi connectivity index (χ2n) is 7.41. The smallest absolute Gasteiger partial charge is 0.263 e. The molecule has 0 aliphatic carbocycles. The normalized spacial score (nSPS) is 14.2. The number of aryl methyl sites for hydroxylation is 2. The van der Waals surface area contributed by atoms with Gasteiger partial charge in [0, 0.05) is 43.6 Å². The average molecular weight is 505 g/mol. The third-order valence-corrected chi connectivity index (χ3v) is 7.91. The molecule has 33 heavy (non-hydrogen) atoms. The molecule has 10 nitrogen and oxygen atoms in total. The van der Waals surface area contributed by atoms with Crippen LogP contribution >= 0.6 is 23.6 Å². The molecule has 1 fully saturated rings. The van der Waals surface area contributed by atoms with Gasteiger partial charge in [0.25, 0.3) is 10.0 Å². The molecule has 1 aliphatic heterocycles. The van der Waals surface area contributed by atoms with Gasteiger partial charge in [-0.2, -0.15) is 0 Å². The average Bonchev–Trinajstić information content (AvgIpc) is 3.26. The van der Waals surface area contributed by atoms with Crippen LogP contribution in [0.3, 0.4) is 0 Å². The van der Waals surface area contributed by atoms with Crippen molar-refractivity contribution < 1.29 is 8.42 Å². The van der Waals surface area contributed by atoms with E-state index in [9.17, 15) is 8.42 Å². The first-order valence-electron chi connectivity index (χ1n) is 10.4. The first-order chi connectivity index (χ1) is 15.8. The molecule has 2 aromatic heterocycles. The third-order valence-electron chi connectivity index (χ3n) is 5.09. The van der Waals surface area contributed by atoms with Crippen LogP contribution in [0.2, 0.25) is 0 Å². The largest absolute Gasteiger partial charge is 0.353 e. The number of aromatic nitrogens is 4. The predicted octanol–water partition coefficient (Wildman–Crippen LogP) is 2.52. The first kappa shape index (κ1) is 23.3. The van der Waals surface area contributed by atoms with Crippen LogP contribution in [0.1, 0.15) is 17.6 Å². The maximum atomic E-state index is 12.6. The maximum Gasteiger partial charge on any atom is 0.263 e. The van der Waals surface area contributed by atoms with E-state index in [4.69, 9.17) is 12.2 Å². The van der Waals surface area contributed by atoms with Gasteiger partial charge in [-0.25, -0.2) is 18.4 Å². The Morgan fingerprint density at radius 2 is 1.85 bits per heavy atom. The number of benzene rings is 1. The number of nitrogens with one attached hydrogen (secondary N) is 2. The van der Waals surface area contributed by atoms with Gasteiger partial charge >= 0.3 is 0 Å². The Balaban J connectivity index is 1.32. The van der Waals surface area contributed by atoms with E-state index in [1.165, 1.54) is 23.5 Å². The molecule has 0 amide bonds. The minimum Gasteiger partial charge on any atom is -0.353 e. The van der Waals surface area contributed by atoms with Gasteiger partial charge in [-0.05, 0) is 49.8 Å². The van der Waals surface area contributed by atoms with E-state index in [2.05, 4.69) is 40.0 Å². The van der Waals surface area contributed by atoms with Crippen LogP contribution in [-0.2, 0) is 16.4 Å². The topological polar surface area (TPSA) is 116 Å². The summed E-state index contributed by atoms with van der Waals surface area (Å²) in [7, 11) is -3.74. The molecule has 0 radical (unpaired) electrons. The number of anilines is 3. The molecule has 3 heterocycles. The number of thiocarbonyl (C=S) groups is 1. The fourth-order valence-electron chi connectivity index (χ4n) is 3.28. The van der Waals surface area contributed by atoms with Crippen molar-refractivity contribution in [3.05, 3.63) is 47.4 Å². The SMILES string of the molecule is CCc1nnc(NS(=O)(=O)c2ccc(NC(=S)N3CCN(c4cc(C)ncn4)CC3)cc2)s1. The summed E-state index contributed by atoms with van der Waals surface area (Å²) in [4.78, 5) is 12.9. The van der Waals surface area contributed by atoms with Gasteiger partial charge in [-0.1, -0.05) is 18.3 Å². The molecule has 0 spiro atoms. The van der Waals surface area contributed by atoms with Crippen LogP contribution in [0.15, 0.2) is 41.6 Å². The molecule has 1 aliphatic rings. The van der Waals surface area contributed by atoms with Gasteiger partial charge in [0.1, 0.15) is 17.2 Å². The molecular weight excluding hydrogens is 480 g/mol. The molecule has 1 saturated heterocycles. The van der Waals surface area contributed by atoms with E-state index in [0.29, 0.717) is 11.5 Å². The second-order valence-corrected chi connectivity index (χ2v) is 10.5. The number of hydrogen-bond acceptors (Lipinski definition) is 9. The molecular formula is C20H24N8O2S3. The summed E-state index contributed by atoms with van der Waals surface area (Å²) in [5, 5.41) is 12.6. The predicted molar refractivity (Wildman–Crippen MR) is 133 cm³/mol. The van der Waals surface area contributed by atoms with Crippen molar-refractivity contribution in [3.8, 4) is 0 Å². The summed E-state index contributed by atoms with van der Waals surface area (Å²) < 4.78 is 27.7. The highest BCUT2D eigenvalue weighted by Crippen LogP contribution is 2.22. The molecule has 2 N–H and O–H groups in total. The van der Waals surface area contributed by atoms with Gasteiger partial charge in [0.15, 0.2) is 5.11 Å². The lowest BCUT2D eigenvalue weighted by Crippen LogP contribution is -2.50. The van der Waals surface area contributed by atoms with Gasteiger partial charge in [-0.15, -0.1) is 10.2 Å². The number of nitrogens with zero attached hydrogens (tertiary/aromatic N) is 6. The standard InChI is InChI=1S/C20H24N8O2S3/c1-3-18-24-25-19(32-18)26-33(29,30)16-6-4-15(5-7-16)23-20(31)28-10-8-27(9-11-28)17-12-14(2)21-13-22-17/h4-7,12-13H,3,8-11H2,1-2H3,(H,23,31)(H,25,26). The molecule has 0 unspecified atom stereocenters. The Hall–Kier alpha value is -2.90. The summed E-state index contributed by atoms with van der Waals surface area (Å²) in [5.74, 6) is 0.922. The maximum absolute atomic E-state index is 12.6. The van der Waals surface area contributed by atoms with Crippen LogP contribution in [-0.4, -0.2) is 64.8 Å². The summed E-state index contributed by atoms with van der Waals surface area (Å²) in [6.07, 6.45) is 2.29. The molecule has 3 aromatic rings. The highest BCUT2D eigenvalue weighted by molar-refractivity contribution is 7.93. The van der Waals surface area contributed by atoms with Crippen molar-refractivity contribution in [3.63, 3.8) is 0 Å². The molecule has 4 rings (SSSR count). The summed E-state index contributed by atoms with van der Waals surface area (Å²) in [6, 6.07) is 8.43. The van der Waals surface area contributed by atoms with E-state index in [1.54, 1.807) is 18.5 Å². The van der Waals surface area contributed by atoms with E-state index in [0.717, 1.165) is 48.4 Å². The monoisotopic (exact) mass is 504 g/mol. The summed E-state index contributed by atoms with van der Waals surface area (Å²) in [5.41, 5.74) is 1.66. The van der Waals surface area contributed by atoms with Crippen molar-refractivity contribution >= 4 is 55.3 Å². The highest BCUT2D eigenvalue weighted by Gasteiger charge is 2.21. The zero-order chi connectivity index (χ0) is 23.4. The van der Waals surface area contributed by atoms with Crippen molar-refractivity contribution in [2.24, 2.45) is 0 Å². The Kier molecular flexibility index (Phi) is 7.00. The van der Waals surface area contributed by atoms with Gasteiger partial charge < -0.3 is 15.1 Å². The number of sulfonamides is 1. The van der Waals surface area contributed by atoms with Crippen LogP contribution in [0, 0.1) is 6.92 Å². The third kappa shape index (κ3) is 5.72. The van der Waals surface area contributed by atoms with Gasteiger partial charge in [0.05, 0.1) is 4.90 Å². The molecule has 1 aromatic carbocycles.